The van der Waals surface area contributed by atoms with Gasteiger partial charge in [0.15, 0.2) is 5.82 Å². The summed E-state index contributed by atoms with van der Waals surface area (Å²) in [5.74, 6) is 1.14. The molecular weight excluding hydrogens is 264 g/mol. The van der Waals surface area contributed by atoms with E-state index < -0.39 is 0 Å². The second kappa shape index (κ2) is 6.08. The average Bonchev–Trinajstić information content (AvgIpc) is 2.41. The van der Waals surface area contributed by atoms with Crippen LogP contribution in [0.15, 0.2) is 12.1 Å². The van der Waals surface area contributed by atoms with Crippen LogP contribution in [-0.4, -0.2) is 28.1 Å². The molecular formula is C16H22N4O. The molecule has 0 aliphatic carbocycles. The summed E-state index contributed by atoms with van der Waals surface area (Å²) in [5, 5.41) is 2.95. The molecule has 0 saturated carbocycles. The molecule has 2 rings (SSSR count). The Morgan fingerprint density at radius 3 is 2.24 bits per heavy atom. The lowest BCUT2D eigenvalue weighted by atomic mass is 10.0. The lowest BCUT2D eigenvalue weighted by molar-refractivity contribution is 0.222. The maximum Gasteiger partial charge on any atom is 0.322 e. The van der Waals surface area contributed by atoms with Crippen LogP contribution >= 0.6 is 0 Å². The van der Waals surface area contributed by atoms with Gasteiger partial charge in [-0.15, -0.1) is 0 Å². The fourth-order valence-electron chi connectivity index (χ4n) is 2.05. The highest BCUT2D eigenvalue weighted by Gasteiger charge is 2.13. The molecule has 1 aromatic heterocycles. The minimum atomic E-state index is 0.0193. The molecule has 0 unspecified atom stereocenters. The fourth-order valence-corrected chi connectivity index (χ4v) is 2.05. The third-order valence-electron chi connectivity index (χ3n) is 3.26. The number of hydrogen-bond acceptors (Lipinski definition) is 5. The first-order chi connectivity index (χ1) is 9.90. The molecule has 0 spiro atoms. The first-order valence-electron chi connectivity index (χ1n) is 7.09. The molecule has 0 bridgehead atoms. The van der Waals surface area contributed by atoms with Crippen molar-refractivity contribution in [2.45, 2.75) is 40.7 Å². The average molecular weight is 286 g/mol. The Bertz CT molecular complexity index is 653. The van der Waals surface area contributed by atoms with Crippen LogP contribution in [0, 0.1) is 20.8 Å². The molecule has 0 aliphatic rings. The van der Waals surface area contributed by atoms with Gasteiger partial charge in [0.2, 0.25) is 5.95 Å². The molecule has 0 saturated heterocycles. The van der Waals surface area contributed by atoms with Crippen LogP contribution in [0.2, 0.25) is 0 Å². The lowest BCUT2D eigenvalue weighted by Gasteiger charge is -2.12. The van der Waals surface area contributed by atoms with Crippen LogP contribution in [0.25, 0.3) is 11.4 Å². The lowest BCUT2D eigenvalue weighted by Crippen LogP contribution is -2.11. The van der Waals surface area contributed by atoms with Crippen LogP contribution < -0.4 is 10.1 Å². The van der Waals surface area contributed by atoms with E-state index in [0.717, 1.165) is 11.1 Å². The fraction of sp³-hybridized carbons (Fsp3) is 0.438. The van der Waals surface area contributed by atoms with Crippen molar-refractivity contribution in [2.75, 3.05) is 12.4 Å². The van der Waals surface area contributed by atoms with E-state index in [4.69, 9.17) is 4.74 Å². The number of aromatic nitrogens is 3. The predicted molar refractivity (Wildman–Crippen MR) is 84.8 cm³/mol. The summed E-state index contributed by atoms with van der Waals surface area (Å²) in [4.78, 5) is 13.1. The Morgan fingerprint density at radius 2 is 1.62 bits per heavy atom. The molecule has 1 heterocycles. The molecule has 0 atom stereocenters. The van der Waals surface area contributed by atoms with Crippen molar-refractivity contribution in [3.63, 3.8) is 0 Å². The standard InChI is InChI=1S/C16H22N4O/c1-9(2)21-16-19-14(18-15(17-6)20-16)13-8-11(4)10(3)7-12(13)5/h7-9H,1-6H3,(H,17,18,19,20). The Balaban J connectivity index is 2.55. The maximum absolute atomic E-state index is 5.61. The van der Waals surface area contributed by atoms with Gasteiger partial charge in [-0.1, -0.05) is 6.07 Å². The Morgan fingerprint density at radius 1 is 0.952 bits per heavy atom. The minimum absolute atomic E-state index is 0.0193. The van der Waals surface area contributed by atoms with Crippen molar-refractivity contribution in [1.29, 1.82) is 0 Å². The van der Waals surface area contributed by atoms with Gasteiger partial charge in [-0.2, -0.15) is 15.0 Å². The van der Waals surface area contributed by atoms with Crippen LogP contribution in [-0.2, 0) is 0 Å². The zero-order valence-corrected chi connectivity index (χ0v) is 13.5. The molecule has 5 nitrogen and oxygen atoms in total. The van der Waals surface area contributed by atoms with E-state index in [1.54, 1.807) is 7.05 Å². The third kappa shape index (κ3) is 3.48. The number of benzene rings is 1. The van der Waals surface area contributed by atoms with Crippen molar-refractivity contribution in [3.8, 4) is 17.4 Å². The third-order valence-corrected chi connectivity index (χ3v) is 3.26. The molecule has 0 amide bonds. The Labute approximate surface area is 125 Å². The number of hydrogen-bond donors (Lipinski definition) is 1. The molecule has 21 heavy (non-hydrogen) atoms. The van der Waals surface area contributed by atoms with Gasteiger partial charge < -0.3 is 10.1 Å². The Hall–Kier alpha value is -2.17. The molecule has 0 aliphatic heterocycles. The highest BCUT2D eigenvalue weighted by Crippen LogP contribution is 2.25. The Kier molecular flexibility index (Phi) is 4.40. The van der Waals surface area contributed by atoms with E-state index >= 15 is 0 Å². The number of nitrogens with zero attached hydrogens (tertiary/aromatic N) is 3. The van der Waals surface area contributed by atoms with Gasteiger partial charge in [-0.25, -0.2) is 0 Å². The van der Waals surface area contributed by atoms with Crippen molar-refractivity contribution >= 4 is 5.95 Å². The normalized spacial score (nSPS) is 10.8. The maximum atomic E-state index is 5.61. The number of nitrogens with one attached hydrogen (secondary N) is 1. The van der Waals surface area contributed by atoms with Crippen LogP contribution in [0.3, 0.4) is 0 Å². The molecule has 0 fully saturated rings. The van der Waals surface area contributed by atoms with Gasteiger partial charge in [0.05, 0.1) is 6.10 Å². The second-order valence-electron chi connectivity index (χ2n) is 5.43. The first kappa shape index (κ1) is 15.2. The smallest absolute Gasteiger partial charge is 0.322 e. The van der Waals surface area contributed by atoms with Crippen molar-refractivity contribution in [3.05, 3.63) is 28.8 Å². The van der Waals surface area contributed by atoms with E-state index in [9.17, 15) is 0 Å². The van der Waals surface area contributed by atoms with Gasteiger partial charge in [-0.3, -0.25) is 0 Å². The summed E-state index contributed by atoms with van der Waals surface area (Å²) in [6.07, 6.45) is 0.0193. The van der Waals surface area contributed by atoms with Crippen molar-refractivity contribution in [2.24, 2.45) is 0 Å². The van der Waals surface area contributed by atoms with Gasteiger partial charge in [0.25, 0.3) is 0 Å². The first-order valence-corrected chi connectivity index (χ1v) is 7.09. The van der Waals surface area contributed by atoms with Gasteiger partial charge in [0.1, 0.15) is 0 Å². The highest BCUT2D eigenvalue weighted by molar-refractivity contribution is 5.63. The molecule has 5 heteroatoms. The molecule has 1 N–H and O–H groups in total. The highest BCUT2D eigenvalue weighted by atomic mass is 16.5. The second-order valence-corrected chi connectivity index (χ2v) is 5.43. The van der Waals surface area contributed by atoms with E-state index in [1.165, 1.54) is 11.1 Å². The SMILES string of the molecule is CNc1nc(OC(C)C)nc(-c2cc(C)c(C)cc2C)n1. The summed E-state index contributed by atoms with van der Waals surface area (Å²) in [7, 11) is 1.78. The molecule has 2 aromatic rings. The summed E-state index contributed by atoms with van der Waals surface area (Å²) in [6.45, 7) is 10.1. The monoisotopic (exact) mass is 286 g/mol. The summed E-state index contributed by atoms with van der Waals surface area (Å²) in [6, 6.07) is 4.60. The zero-order chi connectivity index (χ0) is 15.6. The summed E-state index contributed by atoms with van der Waals surface area (Å²) >= 11 is 0. The number of ether oxygens (including phenoxy) is 1. The van der Waals surface area contributed by atoms with Gasteiger partial charge >= 0.3 is 6.01 Å². The summed E-state index contributed by atoms with van der Waals surface area (Å²) in [5.41, 5.74) is 4.62. The van der Waals surface area contributed by atoms with E-state index in [-0.39, 0.29) is 6.10 Å². The molecule has 0 radical (unpaired) electrons. The predicted octanol–water partition coefficient (Wildman–Crippen LogP) is 3.29. The van der Waals surface area contributed by atoms with E-state index in [0.29, 0.717) is 17.8 Å². The number of aryl methyl sites for hydroxylation is 3. The number of rotatable bonds is 4. The number of anilines is 1. The summed E-state index contributed by atoms with van der Waals surface area (Å²) < 4.78 is 5.61. The van der Waals surface area contributed by atoms with Crippen LogP contribution in [0.5, 0.6) is 6.01 Å². The van der Waals surface area contributed by atoms with E-state index in [1.807, 2.05) is 13.8 Å². The van der Waals surface area contributed by atoms with Gasteiger partial charge in [-0.05, 0) is 57.4 Å². The minimum Gasteiger partial charge on any atom is -0.461 e. The quantitative estimate of drug-likeness (QED) is 0.934. The van der Waals surface area contributed by atoms with Crippen molar-refractivity contribution < 1.29 is 4.74 Å². The van der Waals surface area contributed by atoms with Gasteiger partial charge in [0, 0.05) is 12.6 Å². The van der Waals surface area contributed by atoms with E-state index in [2.05, 4.69) is 53.2 Å². The van der Waals surface area contributed by atoms with Crippen LogP contribution in [0.1, 0.15) is 30.5 Å². The molecule has 1 aromatic carbocycles. The molecule has 112 valence electrons. The van der Waals surface area contributed by atoms with Crippen molar-refractivity contribution in [1.82, 2.24) is 15.0 Å². The zero-order valence-electron chi connectivity index (χ0n) is 13.5. The largest absolute Gasteiger partial charge is 0.461 e. The topological polar surface area (TPSA) is 59.9 Å². The van der Waals surface area contributed by atoms with Crippen LogP contribution in [0.4, 0.5) is 5.95 Å².